The van der Waals surface area contributed by atoms with Crippen LogP contribution in [0.4, 0.5) is 0 Å². The van der Waals surface area contributed by atoms with Crippen LogP contribution in [0.3, 0.4) is 0 Å². The van der Waals surface area contributed by atoms with E-state index in [1.165, 1.54) is 0 Å². The molecule has 2 aromatic rings. The van der Waals surface area contributed by atoms with Gasteiger partial charge in [0, 0.05) is 17.3 Å². The zero-order valence-corrected chi connectivity index (χ0v) is 10.3. The SMILES string of the molecule is O=c1[nH]c2ccc(C#CCCBr)cc2c(=O)o1. The van der Waals surface area contributed by atoms with Crippen molar-refractivity contribution < 1.29 is 4.42 Å². The molecule has 0 atom stereocenters. The predicted octanol–water partition coefficient (Wildman–Crippen LogP) is 1.62. The van der Waals surface area contributed by atoms with Gasteiger partial charge in [-0.2, -0.15) is 0 Å². The van der Waals surface area contributed by atoms with Crippen molar-refractivity contribution in [1.82, 2.24) is 4.98 Å². The first-order chi connectivity index (χ1) is 8.20. The highest BCUT2D eigenvalue weighted by Gasteiger charge is 2.02. The van der Waals surface area contributed by atoms with Gasteiger partial charge >= 0.3 is 11.4 Å². The van der Waals surface area contributed by atoms with Gasteiger partial charge in [-0.15, -0.1) is 0 Å². The van der Waals surface area contributed by atoms with Gasteiger partial charge in [0.15, 0.2) is 0 Å². The molecule has 0 unspecified atom stereocenters. The van der Waals surface area contributed by atoms with E-state index in [0.29, 0.717) is 10.9 Å². The summed E-state index contributed by atoms with van der Waals surface area (Å²) < 4.78 is 4.45. The summed E-state index contributed by atoms with van der Waals surface area (Å²) in [5.74, 6) is 5.12. The first-order valence-corrected chi connectivity index (χ1v) is 6.05. The van der Waals surface area contributed by atoms with E-state index < -0.39 is 11.4 Å². The summed E-state index contributed by atoms with van der Waals surface area (Å²) in [7, 11) is 0. The quantitative estimate of drug-likeness (QED) is 0.642. The Morgan fingerprint density at radius 1 is 1.35 bits per heavy atom. The Labute approximate surface area is 105 Å². The van der Waals surface area contributed by atoms with E-state index in [4.69, 9.17) is 0 Å². The van der Waals surface area contributed by atoms with Crippen molar-refractivity contribution in [3.8, 4) is 11.8 Å². The van der Waals surface area contributed by atoms with Crippen LogP contribution in [0, 0.1) is 11.8 Å². The smallest absolute Gasteiger partial charge is 0.372 e. The molecule has 17 heavy (non-hydrogen) atoms. The van der Waals surface area contributed by atoms with Crippen molar-refractivity contribution in [1.29, 1.82) is 0 Å². The summed E-state index contributed by atoms with van der Waals surface area (Å²) in [5.41, 5.74) is 0.531. The molecule has 0 spiro atoms. The van der Waals surface area contributed by atoms with Crippen molar-refractivity contribution in [2.75, 3.05) is 5.33 Å². The van der Waals surface area contributed by atoms with E-state index in [9.17, 15) is 9.59 Å². The van der Waals surface area contributed by atoms with Gasteiger partial charge in [0.25, 0.3) is 0 Å². The molecule has 5 heteroatoms. The zero-order chi connectivity index (χ0) is 12.3. The molecule has 1 aromatic carbocycles. The molecule has 0 aliphatic rings. The van der Waals surface area contributed by atoms with Gasteiger partial charge in [-0.1, -0.05) is 27.8 Å². The lowest BCUT2D eigenvalue weighted by molar-refractivity contribution is 0.460. The molecule has 2 rings (SSSR count). The second kappa shape index (κ2) is 5.02. The van der Waals surface area contributed by atoms with Crippen LogP contribution in [0.25, 0.3) is 10.9 Å². The molecule has 0 fully saturated rings. The highest BCUT2D eigenvalue weighted by Crippen LogP contribution is 2.07. The van der Waals surface area contributed by atoms with E-state index in [2.05, 4.69) is 37.2 Å². The highest BCUT2D eigenvalue weighted by molar-refractivity contribution is 9.09. The van der Waals surface area contributed by atoms with Gasteiger partial charge in [0.2, 0.25) is 0 Å². The molecule has 1 N–H and O–H groups in total. The average molecular weight is 294 g/mol. The number of halogens is 1. The number of rotatable bonds is 1. The lowest BCUT2D eigenvalue weighted by Gasteiger charge is -1.95. The van der Waals surface area contributed by atoms with Gasteiger partial charge in [-0.3, -0.25) is 4.98 Å². The third-order valence-electron chi connectivity index (χ3n) is 2.11. The molecule has 1 aromatic heterocycles. The van der Waals surface area contributed by atoms with E-state index in [0.717, 1.165) is 17.3 Å². The Balaban J connectivity index is 2.56. The zero-order valence-electron chi connectivity index (χ0n) is 8.75. The maximum Gasteiger partial charge on any atom is 0.419 e. The lowest BCUT2D eigenvalue weighted by atomic mass is 10.1. The standard InChI is InChI=1S/C12H8BrNO3/c13-6-2-1-3-8-4-5-10-9(7-8)11(15)17-12(16)14-10/h4-5,7H,2,6H2,(H,14,16). The normalized spacial score (nSPS) is 9.94. The number of hydrogen-bond donors (Lipinski definition) is 1. The monoisotopic (exact) mass is 293 g/mol. The van der Waals surface area contributed by atoms with Gasteiger partial charge in [0.1, 0.15) is 0 Å². The average Bonchev–Trinajstić information content (AvgIpc) is 2.30. The summed E-state index contributed by atoms with van der Waals surface area (Å²) in [6, 6.07) is 5.00. The van der Waals surface area contributed by atoms with Crippen LogP contribution < -0.4 is 11.4 Å². The van der Waals surface area contributed by atoms with E-state index in [1.54, 1.807) is 18.2 Å². The molecule has 0 saturated heterocycles. The van der Waals surface area contributed by atoms with Crippen LogP contribution >= 0.6 is 15.9 Å². The second-order valence-corrected chi connectivity index (χ2v) is 4.10. The Morgan fingerprint density at radius 2 is 2.18 bits per heavy atom. The maximum atomic E-state index is 11.4. The Kier molecular flexibility index (Phi) is 3.45. The minimum atomic E-state index is -0.749. The number of benzene rings is 1. The summed E-state index contributed by atoms with van der Waals surface area (Å²) in [4.78, 5) is 24.8. The topological polar surface area (TPSA) is 63.1 Å². The molecule has 0 amide bonds. The Hall–Kier alpha value is -1.80. The van der Waals surface area contributed by atoms with Gasteiger partial charge < -0.3 is 4.42 Å². The van der Waals surface area contributed by atoms with Crippen molar-refractivity contribution in [2.24, 2.45) is 0 Å². The summed E-state index contributed by atoms with van der Waals surface area (Å²) in [5, 5.41) is 1.14. The number of aromatic amines is 1. The molecule has 0 saturated carbocycles. The van der Waals surface area contributed by atoms with Crippen molar-refractivity contribution >= 4 is 26.8 Å². The third kappa shape index (κ3) is 2.66. The number of alkyl halides is 1. The molecule has 0 aliphatic heterocycles. The molecular weight excluding hydrogens is 286 g/mol. The second-order valence-electron chi connectivity index (χ2n) is 3.30. The fourth-order valence-corrected chi connectivity index (χ4v) is 1.58. The van der Waals surface area contributed by atoms with E-state index >= 15 is 0 Å². The molecule has 0 aliphatic carbocycles. The maximum absolute atomic E-state index is 11.4. The van der Waals surface area contributed by atoms with Gasteiger partial charge in [-0.05, 0) is 18.2 Å². The Morgan fingerprint density at radius 3 is 2.94 bits per heavy atom. The minimum absolute atomic E-state index is 0.329. The summed E-state index contributed by atoms with van der Waals surface area (Å²) >= 11 is 3.28. The van der Waals surface area contributed by atoms with E-state index in [1.807, 2.05) is 0 Å². The molecule has 86 valence electrons. The number of nitrogens with one attached hydrogen (secondary N) is 1. The van der Waals surface area contributed by atoms with Crippen molar-refractivity contribution in [3.63, 3.8) is 0 Å². The fraction of sp³-hybridized carbons (Fsp3) is 0.167. The molecule has 4 nitrogen and oxygen atoms in total. The summed E-state index contributed by atoms with van der Waals surface area (Å²) in [6.45, 7) is 0. The third-order valence-corrected chi connectivity index (χ3v) is 2.51. The number of fused-ring (bicyclic) bond motifs is 1. The van der Waals surface area contributed by atoms with Crippen LogP contribution in [0.5, 0.6) is 0 Å². The van der Waals surface area contributed by atoms with Gasteiger partial charge in [-0.25, -0.2) is 9.59 Å². The molecular formula is C12H8BrNO3. The largest absolute Gasteiger partial charge is 0.419 e. The number of H-pyrrole nitrogens is 1. The number of aromatic nitrogens is 1. The first-order valence-electron chi connectivity index (χ1n) is 4.93. The van der Waals surface area contributed by atoms with Crippen LogP contribution in [-0.4, -0.2) is 10.3 Å². The fourth-order valence-electron chi connectivity index (χ4n) is 1.39. The van der Waals surface area contributed by atoms with Crippen LogP contribution in [-0.2, 0) is 0 Å². The lowest BCUT2D eigenvalue weighted by Crippen LogP contribution is -2.14. The van der Waals surface area contributed by atoms with Crippen molar-refractivity contribution in [3.05, 3.63) is 44.7 Å². The minimum Gasteiger partial charge on any atom is -0.372 e. The number of hydrogen-bond acceptors (Lipinski definition) is 3. The highest BCUT2D eigenvalue weighted by atomic mass is 79.9. The molecule has 1 heterocycles. The molecule has 0 bridgehead atoms. The van der Waals surface area contributed by atoms with E-state index in [-0.39, 0.29) is 0 Å². The van der Waals surface area contributed by atoms with Crippen LogP contribution in [0.1, 0.15) is 12.0 Å². The van der Waals surface area contributed by atoms with Crippen LogP contribution in [0.2, 0.25) is 0 Å². The Bertz CT molecular complexity index is 718. The molecule has 0 radical (unpaired) electrons. The summed E-state index contributed by atoms with van der Waals surface area (Å²) in [6.07, 6.45) is 0.734. The first kappa shape index (κ1) is 11.7. The van der Waals surface area contributed by atoms with Gasteiger partial charge in [0.05, 0.1) is 10.9 Å². The van der Waals surface area contributed by atoms with Crippen LogP contribution in [0.15, 0.2) is 32.2 Å². The van der Waals surface area contributed by atoms with Crippen molar-refractivity contribution in [2.45, 2.75) is 6.42 Å². The predicted molar refractivity (Wildman–Crippen MR) is 68.4 cm³/mol.